The molecule has 0 aliphatic heterocycles. The summed E-state index contributed by atoms with van der Waals surface area (Å²) >= 11 is 0. The summed E-state index contributed by atoms with van der Waals surface area (Å²) in [6.45, 7) is 0.0437. The fraction of sp³-hybridized carbons (Fsp3) is 0.188. The van der Waals surface area contributed by atoms with Gasteiger partial charge in [0.1, 0.15) is 18.3 Å². The number of aliphatic hydroxyl groups excluding tert-OH is 1. The molecule has 2 aromatic carbocycles. The van der Waals surface area contributed by atoms with Gasteiger partial charge in [0.15, 0.2) is 0 Å². The number of hydrogen-bond acceptors (Lipinski definition) is 3. The summed E-state index contributed by atoms with van der Waals surface area (Å²) in [4.78, 5) is 10.9. The molecule has 0 radical (unpaired) electrons. The van der Waals surface area contributed by atoms with Crippen molar-refractivity contribution in [3.05, 3.63) is 65.7 Å². The van der Waals surface area contributed by atoms with Crippen LogP contribution in [0.5, 0.6) is 5.75 Å². The van der Waals surface area contributed by atoms with Crippen molar-refractivity contribution in [2.45, 2.75) is 12.5 Å². The van der Waals surface area contributed by atoms with Crippen LogP contribution in [0, 0.1) is 0 Å². The Kier molecular flexibility index (Phi) is 4.74. The van der Waals surface area contributed by atoms with Crippen LogP contribution in [-0.4, -0.2) is 22.8 Å². The molecule has 0 heterocycles. The monoisotopic (exact) mass is 272 g/mol. The second-order valence-corrected chi connectivity index (χ2v) is 4.42. The summed E-state index contributed by atoms with van der Waals surface area (Å²) in [7, 11) is 0. The largest absolute Gasteiger partial charge is 0.489 e. The molecule has 2 aromatic rings. The quantitative estimate of drug-likeness (QED) is 0.847. The lowest BCUT2D eigenvalue weighted by atomic mass is 10.0. The van der Waals surface area contributed by atoms with E-state index < -0.39 is 18.5 Å². The topological polar surface area (TPSA) is 66.8 Å². The zero-order chi connectivity index (χ0) is 14.4. The third-order valence-corrected chi connectivity index (χ3v) is 3.01. The van der Waals surface area contributed by atoms with Crippen LogP contribution >= 0.6 is 0 Å². The lowest BCUT2D eigenvalue weighted by Gasteiger charge is -2.11. The van der Waals surface area contributed by atoms with Crippen molar-refractivity contribution in [1.82, 2.24) is 0 Å². The van der Waals surface area contributed by atoms with Gasteiger partial charge < -0.3 is 14.9 Å². The highest BCUT2D eigenvalue weighted by atomic mass is 16.5. The molecule has 1 atom stereocenters. The number of hydrogen-bond donors (Lipinski definition) is 2. The maximum absolute atomic E-state index is 10.9. The number of ether oxygens (including phenoxy) is 1. The second-order valence-electron chi connectivity index (χ2n) is 4.42. The molecule has 0 aromatic heterocycles. The molecule has 4 nitrogen and oxygen atoms in total. The molecule has 2 rings (SSSR count). The number of carboxylic acids is 1. The predicted molar refractivity (Wildman–Crippen MR) is 74.7 cm³/mol. The van der Waals surface area contributed by atoms with Gasteiger partial charge in [-0.1, -0.05) is 42.5 Å². The Morgan fingerprint density at radius 3 is 2.25 bits per heavy atom. The van der Waals surface area contributed by atoms with E-state index in [1.807, 2.05) is 30.3 Å². The van der Waals surface area contributed by atoms with E-state index in [1.54, 1.807) is 24.3 Å². The average molecular weight is 272 g/mol. The highest BCUT2D eigenvalue weighted by Gasteiger charge is 2.18. The maximum Gasteiger partial charge on any atom is 0.313 e. The Bertz CT molecular complexity index is 548. The first-order valence-electron chi connectivity index (χ1n) is 6.31. The van der Waals surface area contributed by atoms with Crippen LogP contribution in [0.4, 0.5) is 0 Å². The standard InChI is InChI=1S/C16H16O4/c17-10-15(16(18)19)13-6-8-14(9-7-13)20-11-12-4-2-1-3-5-12/h1-9,15,17H,10-11H2,(H,18,19). The molecule has 0 saturated carbocycles. The fourth-order valence-corrected chi connectivity index (χ4v) is 1.86. The van der Waals surface area contributed by atoms with Crippen molar-refractivity contribution >= 4 is 5.97 Å². The van der Waals surface area contributed by atoms with Gasteiger partial charge >= 0.3 is 5.97 Å². The van der Waals surface area contributed by atoms with Crippen molar-refractivity contribution in [3.8, 4) is 5.75 Å². The lowest BCUT2D eigenvalue weighted by molar-refractivity contribution is -0.139. The van der Waals surface area contributed by atoms with Crippen molar-refractivity contribution in [3.63, 3.8) is 0 Å². The first-order chi connectivity index (χ1) is 9.70. The van der Waals surface area contributed by atoms with Gasteiger partial charge in [0, 0.05) is 0 Å². The van der Waals surface area contributed by atoms with Gasteiger partial charge in [-0.15, -0.1) is 0 Å². The fourth-order valence-electron chi connectivity index (χ4n) is 1.86. The Morgan fingerprint density at radius 1 is 1.05 bits per heavy atom. The summed E-state index contributed by atoms with van der Waals surface area (Å²) in [5.74, 6) is -1.26. The van der Waals surface area contributed by atoms with Gasteiger partial charge in [0.05, 0.1) is 6.61 Å². The third kappa shape index (κ3) is 3.59. The van der Waals surface area contributed by atoms with Gasteiger partial charge in [-0.3, -0.25) is 4.79 Å². The van der Waals surface area contributed by atoms with Crippen molar-refractivity contribution in [2.75, 3.05) is 6.61 Å². The third-order valence-electron chi connectivity index (χ3n) is 3.01. The lowest BCUT2D eigenvalue weighted by Crippen LogP contribution is -2.15. The first-order valence-corrected chi connectivity index (χ1v) is 6.31. The number of rotatable bonds is 6. The highest BCUT2D eigenvalue weighted by molar-refractivity contribution is 5.76. The molecular formula is C16H16O4. The molecule has 20 heavy (non-hydrogen) atoms. The Morgan fingerprint density at radius 2 is 1.70 bits per heavy atom. The van der Waals surface area contributed by atoms with Crippen LogP contribution in [0.3, 0.4) is 0 Å². The van der Waals surface area contributed by atoms with E-state index in [0.29, 0.717) is 17.9 Å². The molecule has 2 N–H and O–H groups in total. The molecular weight excluding hydrogens is 256 g/mol. The van der Waals surface area contributed by atoms with E-state index in [0.717, 1.165) is 5.56 Å². The van der Waals surface area contributed by atoms with Crippen LogP contribution in [0.15, 0.2) is 54.6 Å². The van der Waals surface area contributed by atoms with Crippen LogP contribution in [0.25, 0.3) is 0 Å². The van der Waals surface area contributed by atoms with Crippen LogP contribution in [0.2, 0.25) is 0 Å². The van der Waals surface area contributed by atoms with Crippen LogP contribution < -0.4 is 4.74 Å². The molecule has 0 bridgehead atoms. The average Bonchev–Trinajstić information content (AvgIpc) is 2.48. The Hall–Kier alpha value is -2.33. The normalized spacial score (nSPS) is 11.8. The summed E-state index contributed by atoms with van der Waals surface area (Å²) < 4.78 is 5.61. The minimum atomic E-state index is -1.04. The number of carbonyl (C=O) groups is 1. The second kappa shape index (κ2) is 6.73. The van der Waals surface area contributed by atoms with E-state index in [1.165, 1.54) is 0 Å². The van der Waals surface area contributed by atoms with E-state index in [9.17, 15) is 4.79 Å². The summed E-state index contributed by atoms with van der Waals surface area (Å²) in [6, 6.07) is 16.5. The van der Waals surface area contributed by atoms with Crippen molar-refractivity contribution in [2.24, 2.45) is 0 Å². The first kappa shape index (κ1) is 14.1. The molecule has 104 valence electrons. The van der Waals surface area contributed by atoms with E-state index in [4.69, 9.17) is 14.9 Å². The number of aliphatic carboxylic acids is 1. The minimum Gasteiger partial charge on any atom is -0.489 e. The smallest absolute Gasteiger partial charge is 0.313 e. The Labute approximate surface area is 117 Å². The van der Waals surface area contributed by atoms with Crippen molar-refractivity contribution in [1.29, 1.82) is 0 Å². The number of aliphatic hydroxyl groups is 1. The molecule has 0 spiro atoms. The maximum atomic E-state index is 10.9. The molecule has 0 aliphatic rings. The SMILES string of the molecule is O=C(O)C(CO)c1ccc(OCc2ccccc2)cc1. The van der Waals surface area contributed by atoms with Crippen molar-refractivity contribution < 1.29 is 19.7 Å². The molecule has 0 saturated heterocycles. The molecule has 0 amide bonds. The summed E-state index contributed by atoms with van der Waals surface area (Å²) in [5.41, 5.74) is 1.63. The zero-order valence-electron chi connectivity index (χ0n) is 10.9. The van der Waals surface area contributed by atoms with Crippen LogP contribution in [0.1, 0.15) is 17.0 Å². The van der Waals surface area contributed by atoms with Gasteiger partial charge in [-0.2, -0.15) is 0 Å². The molecule has 0 aliphatic carbocycles. The highest BCUT2D eigenvalue weighted by Crippen LogP contribution is 2.20. The number of benzene rings is 2. The molecule has 1 unspecified atom stereocenters. The van der Waals surface area contributed by atoms with Gasteiger partial charge in [0.2, 0.25) is 0 Å². The van der Waals surface area contributed by atoms with E-state index in [-0.39, 0.29) is 0 Å². The van der Waals surface area contributed by atoms with E-state index in [2.05, 4.69) is 0 Å². The summed E-state index contributed by atoms with van der Waals surface area (Å²) in [6.07, 6.45) is 0. The van der Waals surface area contributed by atoms with Gasteiger partial charge in [-0.25, -0.2) is 0 Å². The summed E-state index contributed by atoms with van der Waals surface area (Å²) in [5, 5.41) is 18.0. The van der Waals surface area contributed by atoms with Gasteiger partial charge in [0.25, 0.3) is 0 Å². The predicted octanol–water partition coefficient (Wildman–Crippen LogP) is 2.43. The Balaban J connectivity index is 2.00. The minimum absolute atomic E-state index is 0.417. The van der Waals surface area contributed by atoms with Gasteiger partial charge in [-0.05, 0) is 23.3 Å². The number of carboxylic acid groups (broad SMARTS) is 1. The van der Waals surface area contributed by atoms with Crippen LogP contribution in [-0.2, 0) is 11.4 Å². The molecule has 0 fully saturated rings. The van der Waals surface area contributed by atoms with E-state index >= 15 is 0 Å². The molecule has 4 heteroatoms. The zero-order valence-corrected chi connectivity index (χ0v) is 10.9.